The molecule has 0 saturated heterocycles. The van der Waals surface area contributed by atoms with Crippen LogP contribution in [-0.2, 0) is 0 Å². The van der Waals surface area contributed by atoms with Crippen molar-refractivity contribution in [2.24, 2.45) is 5.92 Å². The molecule has 0 atom stereocenters. The lowest BCUT2D eigenvalue weighted by Crippen LogP contribution is -2.10. The van der Waals surface area contributed by atoms with Gasteiger partial charge in [-0.2, -0.15) is 13.2 Å². The second kappa shape index (κ2) is 2.53. The van der Waals surface area contributed by atoms with Crippen LogP contribution in [0.3, 0.4) is 0 Å². The van der Waals surface area contributed by atoms with E-state index >= 15 is 0 Å². The molecule has 0 aromatic heterocycles. The molecule has 0 nitrogen and oxygen atoms in total. The van der Waals surface area contributed by atoms with Crippen molar-refractivity contribution < 1.29 is 13.2 Å². The molecule has 1 rings (SSSR count). The van der Waals surface area contributed by atoms with Gasteiger partial charge in [0.25, 0.3) is 0 Å². The zero-order valence-corrected chi connectivity index (χ0v) is 5.33. The van der Waals surface area contributed by atoms with Gasteiger partial charge in [0.05, 0.1) is 0 Å². The van der Waals surface area contributed by atoms with Gasteiger partial charge in [0.15, 0.2) is 0 Å². The van der Waals surface area contributed by atoms with E-state index in [2.05, 4.69) is 5.92 Å². The molecule has 0 radical (unpaired) electrons. The monoisotopic (exact) mass is 148 g/mol. The third-order valence-electron chi connectivity index (χ3n) is 1.52. The highest BCUT2D eigenvalue weighted by molar-refractivity contribution is 5.10. The third-order valence-corrected chi connectivity index (χ3v) is 1.52. The van der Waals surface area contributed by atoms with Gasteiger partial charge in [0.1, 0.15) is 0 Å². The zero-order chi connectivity index (χ0) is 7.61. The van der Waals surface area contributed by atoms with E-state index in [1.54, 1.807) is 0 Å². The largest absolute Gasteiger partial charge is 0.457 e. The summed E-state index contributed by atoms with van der Waals surface area (Å²) in [6.07, 6.45) is -1.60. The second-order valence-electron chi connectivity index (χ2n) is 2.39. The predicted molar refractivity (Wildman–Crippen MR) is 31.2 cm³/mol. The summed E-state index contributed by atoms with van der Waals surface area (Å²) in [6.45, 7) is 0. The van der Waals surface area contributed by atoms with E-state index in [0.29, 0.717) is 0 Å². The maximum absolute atomic E-state index is 11.4. The van der Waals surface area contributed by atoms with E-state index < -0.39 is 6.18 Å². The minimum Gasteiger partial charge on any atom is -0.159 e. The van der Waals surface area contributed by atoms with Crippen molar-refractivity contribution in [3.05, 3.63) is 0 Å². The fourth-order valence-electron chi connectivity index (χ4n) is 0.736. The highest BCUT2D eigenvalue weighted by Gasteiger charge is 2.24. The SMILES string of the molecule is FC(F)(F)C#CC1CCC1. The summed E-state index contributed by atoms with van der Waals surface area (Å²) in [6, 6.07) is 0. The van der Waals surface area contributed by atoms with Crippen LogP contribution < -0.4 is 0 Å². The van der Waals surface area contributed by atoms with E-state index in [1.165, 1.54) is 5.92 Å². The van der Waals surface area contributed by atoms with Crippen LogP contribution in [0.1, 0.15) is 19.3 Å². The van der Waals surface area contributed by atoms with E-state index in [9.17, 15) is 13.2 Å². The molecule has 0 bridgehead atoms. The Morgan fingerprint density at radius 1 is 1.20 bits per heavy atom. The van der Waals surface area contributed by atoms with Crippen molar-refractivity contribution in [2.75, 3.05) is 0 Å². The number of alkyl halides is 3. The number of rotatable bonds is 0. The van der Waals surface area contributed by atoms with Gasteiger partial charge in [-0.05, 0) is 12.8 Å². The zero-order valence-electron chi connectivity index (χ0n) is 5.33. The Balaban J connectivity index is 2.37. The van der Waals surface area contributed by atoms with Crippen molar-refractivity contribution >= 4 is 0 Å². The summed E-state index contributed by atoms with van der Waals surface area (Å²) in [7, 11) is 0. The molecular weight excluding hydrogens is 141 g/mol. The van der Waals surface area contributed by atoms with E-state index in [-0.39, 0.29) is 5.92 Å². The van der Waals surface area contributed by atoms with Crippen molar-refractivity contribution in [3.8, 4) is 11.8 Å². The molecule has 1 aliphatic rings. The maximum atomic E-state index is 11.4. The highest BCUT2D eigenvalue weighted by atomic mass is 19.4. The van der Waals surface area contributed by atoms with Crippen LogP contribution in [-0.4, -0.2) is 6.18 Å². The summed E-state index contributed by atoms with van der Waals surface area (Å²) >= 11 is 0. The smallest absolute Gasteiger partial charge is 0.159 e. The summed E-state index contributed by atoms with van der Waals surface area (Å²) < 4.78 is 34.2. The van der Waals surface area contributed by atoms with Crippen LogP contribution in [0.25, 0.3) is 0 Å². The first-order valence-electron chi connectivity index (χ1n) is 3.17. The normalized spacial score (nSPS) is 19.1. The van der Waals surface area contributed by atoms with Gasteiger partial charge < -0.3 is 0 Å². The maximum Gasteiger partial charge on any atom is 0.457 e. The van der Waals surface area contributed by atoms with Gasteiger partial charge >= 0.3 is 6.18 Å². The van der Waals surface area contributed by atoms with Gasteiger partial charge in [-0.15, -0.1) is 0 Å². The first-order chi connectivity index (χ1) is 4.58. The van der Waals surface area contributed by atoms with Crippen LogP contribution in [0.15, 0.2) is 0 Å². The second-order valence-corrected chi connectivity index (χ2v) is 2.39. The van der Waals surface area contributed by atoms with Gasteiger partial charge in [0, 0.05) is 11.8 Å². The lowest BCUT2D eigenvalue weighted by Gasteiger charge is -2.18. The Labute approximate surface area is 57.4 Å². The Morgan fingerprint density at radius 3 is 2.10 bits per heavy atom. The number of hydrogen-bond acceptors (Lipinski definition) is 0. The predicted octanol–water partition coefficient (Wildman–Crippen LogP) is 2.35. The summed E-state index contributed by atoms with van der Waals surface area (Å²) in [5.41, 5.74) is 0. The van der Waals surface area contributed by atoms with Crippen LogP contribution in [0.2, 0.25) is 0 Å². The average molecular weight is 148 g/mol. The highest BCUT2D eigenvalue weighted by Crippen LogP contribution is 2.25. The summed E-state index contributed by atoms with van der Waals surface area (Å²) in [5.74, 6) is 3.47. The van der Waals surface area contributed by atoms with Crippen molar-refractivity contribution in [3.63, 3.8) is 0 Å². The fraction of sp³-hybridized carbons (Fsp3) is 0.714. The molecule has 10 heavy (non-hydrogen) atoms. The molecule has 0 aromatic rings. The van der Waals surface area contributed by atoms with Gasteiger partial charge in [0.2, 0.25) is 0 Å². The standard InChI is InChI=1S/C7H7F3/c8-7(9,10)5-4-6-2-1-3-6/h6H,1-3H2. The number of halogens is 3. The fourth-order valence-corrected chi connectivity index (χ4v) is 0.736. The molecule has 0 N–H and O–H groups in total. The molecule has 0 heterocycles. The Morgan fingerprint density at radius 2 is 1.80 bits per heavy atom. The van der Waals surface area contributed by atoms with E-state index in [4.69, 9.17) is 0 Å². The van der Waals surface area contributed by atoms with Gasteiger partial charge in [-0.3, -0.25) is 0 Å². The van der Waals surface area contributed by atoms with Crippen LogP contribution in [0, 0.1) is 17.8 Å². The van der Waals surface area contributed by atoms with Gasteiger partial charge in [-0.1, -0.05) is 12.3 Å². The van der Waals surface area contributed by atoms with Crippen LogP contribution >= 0.6 is 0 Å². The van der Waals surface area contributed by atoms with E-state index in [0.717, 1.165) is 19.3 Å². The topological polar surface area (TPSA) is 0 Å². The number of hydrogen-bond donors (Lipinski definition) is 0. The molecule has 1 saturated carbocycles. The molecule has 0 aliphatic heterocycles. The quantitative estimate of drug-likeness (QED) is 0.462. The summed E-state index contributed by atoms with van der Waals surface area (Å²) in [5, 5.41) is 0. The molecule has 56 valence electrons. The lowest BCUT2D eigenvalue weighted by atomic mass is 9.86. The first kappa shape index (κ1) is 7.46. The molecule has 0 spiro atoms. The third kappa shape index (κ3) is 2.30. The van der Waals surface area contributed by atoms with Crippen molar-refractivity contribution in [2.45, 2.75) is 25.4 Å². The van der Waals surface area contributed by atoms with Crippen molar-refractivity contribution in [1.29, 1.82) is 0 Å². The molecule has 1 fully saturated rings. The molecule has 3 heteroatoms. The molecule has 1 aliphatic carbocycles. The van der Waals surface area contributed by atoms with Gasteiger partial charge in [-0.25, -0.2) is 0 Å². The van der Waals surface area contributed by atoms with Crippen LogP contribution in [0.4, 0.5) is 13.2 Å². The molecule has 0 amide bonds. The Hall–Kier alpha value is -0.650. The molecular formula is C7H7F3. The van der Waals surface area contributed by atoms with Crippen LogP contribution in [0.5, 0.6) is 0 Å². The summed E-state index contributed by atoms with van der Waals surface area (Å²) in [4.78, 5) is 0. The molecule has 0 unspecified atom stereocenters. The Bertz CT molecular complexity index is 166. The minimum absolute atomic E-state index is 0.0154. The minimum atomic E-state index is -4.30. The Kier molecular flexibility index (Phi) is 1.89. The molecule has 0 aromatic carbocycles. The lowest BCUT2D eigenvalue weighted by molar-refractivity contribution is -0.0699. The van der Waals surface area contributed by atoms with E-state index in [1.807, 2.05) is 0 Å². The first-order valence-corrected chi connectivity index (χ1v) is 3.17. The average Bonchev–Trinajstić information content (AvgIpc) is 1.56. The van der Waals surface area contributed by atoms with Crippen molar-refractivity contribution in [1.82, 2.24) is 0 Å².